The lowest BCUT2D eigenvalue weighted by molar-refractivity contribution is 0.843. The first-order chi connectivity index (χ1) is 11.7. The quantitative estimate of drug-likeness (QED) is 0.378. The lowest BCUT2D eigenvalue weighted by atomic mass is 10.1. The van der Waals surface area contributed by atoms with Gasteiger partial charge in [0.15, 0.2) is 5.96 Å². The number of nitrogens with two attached hydrogens (primary N) is 1. The number of aromatic nitrogens is 1. The molecule has 25 heavy (non-hydrogen) atoms. The molecule has 0 saturated heterocycles. The van der Waals surface area contributed by atoms with E-state index in [9.17, 15) is 0 Å². The summed E-state index contributed by atoms with van der Waals surface area (Å²) in [6, 6.07) is 12.3. The van der Waals surface area contributed by atoms with Gasteiger partial charge in [0.05, 0.1) is 6.54 Å². The summed E-state index contributed by atoms with van der Waals surface area (Å²) in [6.07, 6.45) is 2.89. The van der Waals surface area contributed by atoms with Crippen LogP contribution < -0.4 is 16.0 Å². The number of pyridine rings is 1. The number of rotatable bonds is 7. The second kappa shape index (κ2) is 10.9. The zero-order valence-corrected chi connectivity index (χ0v) is 17.5. The van der Waals surface area contributed by atoms with Crippen molar-refractivity contribution in [3.05, 3.63) is 53.7 Å². The summed E-state index contributed by atoms with van der Waals surface area (Å²) >= 11 is 0. The number of benzene rings is 1. The lowest BCUT2D eigenvalue weighted by Crippen LogP contribution is -2.23. The number of hydrogen-bond donors (Lipinski definition) is 2. The van der Waals surface area contributed by atoms with E-state index in [1.165, 1.54) is 5.56 Å². The van der Waals surface area contributed by atoms with Gasteiger partial charge in [0.1, 0.15) is 5.82 Å². The number of hydrogen-bond acceptors (Lipinski definition) is 3. The highest BCUT2D eigenvalue weighted by Gasteiger charge is 2.03. The van der Waals surface area contributed by atoms with Gasteiger partial charge in [0.25, 0.3) is 0 Å². The molecule has 0 spiro atoms. The topological polar surface area (TPSA) is 66.5 Å². The largest absolute Gasteiger partial charge is 0.370 e. The number of guanidine groups is 1. The average molecular weight is 453 g/mol. The first-order valence-electron chi connectivity index (χ1n) is 8.52. The molecule has 0 atom stereocenters. The van der Waals surface area contributed by atoms with Crippen LogP contribution in [-0.2, 0) is 13.0 Å². The Labute approximate surface area is 167 Å². The molecule has 1 aromatic carbocycles. The van der Waals surface area contributed by atoms with Crippen LogP contribution in [0.2, 0.25) is 0 Å². The van der Waals surface area contributed by atoms with Gasteiger partial charge in [-0.3, -0.25) is 0 Å². The van der Waals surface area contributed by atoms with Crippen molar-refractivity contribution in [2.45, 2.75) is 33.7 Å². The summed E-state index contributed by atoms with van der Waals surface area (Å²) in [7, 11) is 0. The maximum atomic E-state index is 5.96. The molecular formula is C19H28IN5. The number of aliphatic imine (C=N–C) groups is 1. The van der Waals surface area contributed by atoms with E-state index in [1.807, 2.05) is 30.5 Å². The maximum absolute atomic E-state index is 5.96. The Kier molecular flexibility index (Phi) is 9.26. The first-order valence-corrected chi connectivity index (χ1v) is 8.52. The second-order valence-corrected chi connectivity index (χ2v) is 5.57. The molecule has 2 aromatic rings. The van der Waals surface area contributed by atoms with Gasteiger partial charge >= 0.3 is 0 Å². The van der Waals surface area contributed by atoms with E-state index >= 15 is 0 Å². The van der Waals surface area contributed by atoms with Crippen molar-refractivity contribution in [3.8, 4) is 0 Å². The van der Waals surface area contributed by atoms with Crippen molar-refractivity contribution in [1.29, 1.82) is 0 Å². The highest BCUT2D eigenvalue weighted by molar-refractivity contribution is 14.0. The Bertz CT molecular complexity index is 649. The molecule has 136 valence electrons. The molecule has 0 aliphatic rings. The van der Waals surface area contributed by atoms with Crippen molar-refractivity contribution < 1.29 is 0 Å². The monoisotopic (exact) mass is 453 g/mol. The Morgan fingerprint density at radius 2 is 1.68 bits per heavy atom. The normalized spacial score (nSPS) is 10.9. The summed E-state index contributed by atoms with van der Waals surface area (Å²) in [5, 5.41) is 3.11. The van der Waals surface area contributed by atoms with Gasteiger partial charge in [-0.2, -0.15) is 0 Å². The number of halogens is 1. The highest BCUT2D eigenvalue weighted by atomic mass is 127. The maximum Gasteiger partial charge on any atom is 0.193 e. The van der Waals surface area contributed by atoms with Gasteiger partial charge in [-0.25, -0.2) is 9.98 Å². The Morgan fingerprint density at radius 1 is 1.04 bits per heavy atom. The van der Waals surface area contributed by atoms with Crippen LogP contribution in [0, 0.1) is 0 Å². The SMILES string of the molecule is CCc1ccc(NC(N)=NCc2ccc(N(CC)CC)nc2)cc1.I. The third kappa shape index (κ3) is 6.53. The van der Waals surface area contributed by atoms with E-state index in [0.29, 0.717) is 12.5 Å². The van der Waals surface area contributed by atoms with Crippen LogP contribution in [-0.4, -0.2) is 24.0 Å². The zero-order chi connectivity index (χ0) is 17.4. The number of aryl methyl sites for hydroxylation is 1. The van der Waals surface area contributed by atoms with Crippen molar-refractivity contribution in [3.63, 3.8) is 0 Å². The third-order valence-electron chi connectivity index (χ3n) is 3.96. The lowest BCUT2D eigenvalue weighted by Gasteiger charge is -2.19. The van der Waals surface area contributed by atoms with Gasteiger partial charge in [-0.15, -0.1) is 24.0 Å². The Hall–Kier alpha value is -1.83. The fraction of sp³-hybridized carbons (Fsp3) is 0.368. The summed E-state index contributed by atoms with van der Waals surface area (Å²) in [5.74, 6) is 1.40. The van der Waals surface area contributed by atoms with E-state index < -0.39 is 0 Å². The molecule has 0 fully saturated rings. The molecular weight excluding hydrogens is 425 g/mol. The zero-order valence-electron chi connectivity index (χ0n) is 15.2. The van der Waals surface area contributed by atoms with Crippen LogP contribution in [0.5, 0.6) is 0 Å². The second-order valence-electron chi connectivity index (χ2n) is 5.57. The molecule has 0 aliphatic heterocycles. The smallest absolute Gasteiger partial charge is 0.193 e. The minimum absolute atomic E-state index is 0. The predicted octanol–water partition coefficient (Wildman–Crippen LogP) is 4.04. The summed E-state index contributed by atoms with van der Waals surface area (Å²) < 4.78 is 0. The van der Waals surface area contributed by atoms with Crippen LogP contribution in [0.1, 0.15) is 31.9 Å². The van der Waals surface area contributed by atoms with E-state index in [1.54, 1.807) is 0 Å². The highest BCUT2D eigenvalue weighted by Crippen LogP contribution is 2.12. The van der Waals surface area contributed by atoms with Crippen molar-refractivity contribution >= 4 is 41.4 Å². The average Bonchev–Trinajstić information content (AvgIpc) is 2.63. The van der Waals surface area contributed by atoms with E-state index in [4.69, 9.17) is 5.73 Å². The van der Waals surface area contributed by atoms with Gasteiger partial charge in [-0.1, -0.05) is 25.1 Å². The number of nitrogens with one attached hydrogen (secondary N) is 1. The van der Waals surface area contributed by atoms with Crippen LogP contribution in [0.15, 0.2) is 47.6 Å². The fourth-order valence-corrected chi connectivity index (χ4v) is 2.43. The van der Waals surface area contributed by atoms with Crippen LogP contribution in [0.25, 0.3) is 0 Å². The van der Waals surface area contributed by atoms with Gasteiger partial charge in [-0.05, 0) is 49.6 Å². The van der Waals surface area contributed by atoms with Gasteiger partial charge in [0, 0.05) is 25.0 Å². The molecule has 0 radical (unpaired) electrons. The van der Waals surface area contributed by atoms with Crippen LogP contribution in [0.4, 0.5) is 11.5 Å². The number of nitrogens with zero attached hydrogens (tertiary/aromatic N) is 3. The number of anilines is 2. The molecule has 1 aromatic heterocycles. The van der Waals surface area contributed by atoms with E-state index in [2.05, 4.69) is 53.1 Å². The van der Waals surface area contributed by atoms with Crippen molar-refractivity contribution in [2.75, 3.05) is 23.3 Å². The molecule has 1 heterocycles. The molecule has 0 aliphatic carbocycles. The van der Waals surface area contributed by atoms with E-state index in [-0.39, 0.29) is 24.0 Å². The standard InChI is InChI=1S/C19H27N5.HI/c1-4-15-7-10-17(11-8-15)23-19(20)22-14-16-9-12-18(21-13-16)24(5-2)6-3;/h7-13H,4-6,14H2,1-3H3,(H3,20,22,23);1H. The first kappa shape index (κ1) is 21.2. The molecule has 0 bridgehead atoms. The molecule has 0 unspecified atom stereocenters. The minimum Gasteiger partial charge on any atom is -0.370 e. The summed E-state index contributed by atoms with van der Waals surface area (Å²) in [6.45, 7) is 8.81. The van der Waals surface area contributed by atoms with Gasteiger partial charge < -0.3 is 16.0 Å². The third-order valence-corrected chi connectivity index (χ3v) is 3.96. The van der Waals surface area contributed by atoms with Crippen molar-refractivity contribution in [1.82, 2.24) is 4.98 Å². The Morgan fingerprint density at radius 3 is 2.20 bits per heavy atom. The summed E-state index contributed by atoms with van der Waals surface area (Å²) in [4.78, 5) is 11.1. The molecule has 5 nitrogen and oxygen atoms in total. The Balaban J connectivity index is 0.00000312. The van der Waals surface area contributed by atoms with Crippen LogP contribution >= 0.6 is 24.0 Å². The van der Waals surface area contributed by atoms with Crippen molar-refractivity contribution in [2.24, 2.45) is 10.7 Å². The fourth-order valence-electron chi connectivity index (χ4n) is 2.43. The predicted molar refractivity (Wildman–Crippen MR) is 118 cm³/mol. The molecule has 0 saturated carbocycles. The molecule has 3 N–H and O–H groups in total. The molecule has 6 heteroatoms. The summed E-state index contributed by atoms with van der Waals surface area (Å²) in [5.41, 5.74) is 9.24. The van der Waals surface area contributed by atoms with Gasteiger partial charge in [0.2, 0.25) is 0 Å². The molecule has 2 rings (SSSR count). The molecule has 0 amide bonds. The van der Waals surface area contributed by atoms with E-state index in [0.717, 1.165) is 36.6 Å². The van der Waals surface area contributed by atoms with Crippen LogP contribution in [0.3, 0.4) is 0 Å². The minimum atomic E-state index is 0.